The van der Waals surface area contributed by atoms with Crippen LogP contribution >= 0.6 is 0 Å². The summed E-state index contributed by atoms with van der Waals surface area (Å²) >= 11 is 0. The summed E-state index contributed by atoms with van der Waals surface area (Å²) in [6, 6.07) is 0. The zero-order chi connectivity index (χ0) is 16.8. The van der Waals surface area contributed by atoms with Crippen molar-refractivity contribution in [3.8, 4) is 0 Å². The Balaban J connectivity index is 3.78. The minimum atomic E-state index is -0.615. The molecule has 0 fully saturated rings. The molecule has 0 saturated heterocycles. The SMILES string of the molecule is CCCCCCCCCCC(C(=O)OCCC(C)C)C(C)O. The third-order valence-corrected chi connectivity index (χ3v) is 4.19. The van der Waals surface area contributed by atoms with Gasteiger partial charge in [-0.05, 0) is 25.7 Å². The number of ether oxygens (including phenoxy) is 1. The fraction of sp³-hybridized carbons (Fsp3) is 0.947. The predicted molar refractivity (Wildman–Crippen MR) is 92.8 cm³/mol. The van der Waals surface area contributed by atoms with Gasteiger partial charge in [-0.15, -0.1) is 0 Å². The first-order valence-electron chi connectivity index (χ1n) is 9.33. The average Bonchev–Trinajstić information content (AvgIpc) is 2.44. The Morgan fingerprint density at radius 3 is 1.95 bits per heavy atom. The highest BCUT2D eigenvalue weighted by Gasteiger charge is 2.24. The van der Waals surface area contributed by atoms with Gasteiger partial charge in [-0.2, -0.15) is 0 Å². The second-order valence-electron chi connectivity index (χ2n) is 6.96. The molecule has 0 saturated carbocycles. The van der Waals surface area contributed by atoms with Gasteiger partial charge in [0.2, 0.25) is 0 Å². The Hall–Kier alpha value is -0.570. The van der Waals surface area contributed by atoms with Crippen LogP contribution in [0.3, 0.4) is 0 Å². The van der Waals surface area contributed by atoms with Gasteiger partial charge in [0.1, 0.15) is 0 Å². The zero-order valence-corrected chi connectivity index (χ0v) is 15.3. The molecule has 2 unspecified atom stereocenters. The lowest BCUT2D eigenvalue weighted by atomic mass is 9.95. The maximum Gasteiger partial charge on any atom is 0.311 e. The number of aliphatic hydroxyl groups is 1. The number of aliphatic hydroxyl groups excluding tert-OH is 1. The summed E-state index contributed by atoms with van der Waals surface area (Å²) in [4.78, 5) is 12.0. The van der Waals surface area contributed by atoms with Crippen molar-refractivity contribution in [1.29, 1.82) is 0 Å². The van der Waals surface area contributed by atoms with Crippen molar-refractivity contribution < 1.29 is 14.6 Å². The quantitative estimate of drug-likeness (QED) is 0.358. The molecule has 0 aromatic rings. The monoisotopic (exact) mass is 314 g/mol. The molecule has 0 aromatic heterocycles. The number of carbonyl (C=O) groups is 1. The molecular formula is C19H38O3. The van der Waals surface area contributed by atoms with Crippen LogP contribution in [-0.4, -0.2) is 23.8 Å². The van der Waals surface area contributed by atoms with Crippen molar-refractivity contribution in [1.82, 2.24) is 0 Å². The highest BCUT2D eigenvalue weighted by atomic mass is 16.5. The standard InChI is InChI=1S/C19H38O3/c1-5-6-7-8-9-10-11-12-13-18(17(4)20)19(21)22-15-14-16(2)3/h16-18,20H,5-15H2,1-4H3. The van der Waals surface area contributed by atoms with Gasteiger partial charge in [-0.3, -0.25) is 4.79 Å². The number of unbranched alkanes of at least 4 members (excludes halogenated alkanes) is 7. The molecule has 0 spiro atoms. The first-order chi connectivity index (χ1) is 10.5. The molecule has 0 heterocycles. The normalized spacial score (nSPS) is 14.1. The van der Waals surface area contributed by atoms with E-state index in [1.54, 1.807) is 6.92 Å². The molecule has 1 N–H and O–H groups in total. The largest absolute Gasteiger partial charge is 0.465 e. The lowest BCUT2D eigenvalue weighted by Crippen LogP contribution is -2.28. The van der Waals surface area contributed by atoms with Gasteiger partial charge in [0.25, 0.3) is 0 Å². The number of hydrogen-bond donors (Lipinski definition) is 1. The van der Waals surface area contributed by atoms with Gasteiger partial charge in [0, 0.05) is 0 Å². The second kappa shape index (κ2) is 14.0. The summed E-state index contributed by atoms with van der Waals surface area (Å²) in [6.07, 6.45) is 11.0. The predicted octanol–water partition coefficient (Wildman–Crippen LogP) is 5.10. The summed E-state index contributed by atoms with van der Waals surface area (Å²) in [5.74, 6) is -0.0450. The van der Waals surface area contributed by atoms with E-state index in [-0.39, 0.29) is 11.9 Å². The molecule has 0 aliphatic rings. The van der Waals surface area contributed by atoms with Gasteiger partial charge in [-0.25, -0.2) is 0 Å². The molecule has 0 radical (unpaired) electrons. The summed E-state index contributed by atoms with van der Waals surface area (Å²) in [7, 11) is 0. The molecule has 132 valence electrons. The van der Waals surface area contributed by atoms with Gasteiger partial charge in [-0.1, -0.05) is 72.1 Å². The van der Waals surface area contributed by atoms with E-state index < -0.39 is 6.10 Å². The van der Waals surface area contributed by atoms with Gasteiger partial charge in [0.05, 0.1) is 18.6 Å². The summed E-state index contributed by atoms with van der Waals surface area (Å²) in [5.41, 5.74) is 0. The third-order valence-electron chi connectivity index (χ3n) is 4.19. The molecule has 2 atom stereocenters. The smallest absolute Gasteiger partial charge is 0.311 e. The van der Waals surface area contributed by atoms with Crippen LogP contribution in [0.25, 0.3) is 0 Å². The Bertz CT molecular complexity index is 261. The minimum Gasteiger partial charge on any atom is -0.465 e. The van der Waals surface area contributed by atoms with Crippen molar-refractivity contribution in [3.63, 3.8) is 0 Å². The summed E-state index contributed by atoms with van der Waals surface area (Å²) in [5, 5.41) is 9.79. The fourth-order valence-corrected chi connectivity index (χ4v) is 2.56. The van der Waals surface area contributed by atoms with E-state index in [0.29, 0.717) is 12.5 Å². The Labute approximate surface area is 137 Å². The highest BCUT2D eigenvalue weighted by Crippen LogP contribution is 2.18. The van der Waals surface area contributed by atoms with Crippen molar-refractivity contribution in [2.45, 2.75) is 98.0 Å². The number of hydrogen-bond acceptors (Lipinski definition) is 3. The first-order valence-corrected chi connectivity index (χ1v) is 9.33. The first kappa shape index (κ1) is 21.4. The molecule has 3 heteroatoms. The molecule has 22 heavy (non-hydrogen) atoms. The zero-order valence-electron chi connectivity index (χ0n) is 15.3. The van der Waals surface area contributed by atoms with Crippen LogP contribution in [0.1, 0.15) is 91.9 Å². The van der Waals surface area contributed by atoms with Gasteiger partial charge < -0.3 is 9.84 Å². The maximum atomic E-state index is 12.0. The van der Waals surface area contributed by atoms with Crippen LogP contribution in [0.4, 0.5) is 0 Å². The van der Waals surface area contributed by atoms with Crippen molar-refractivity contribution in [2.24, 2.45) is 11.8 Å². The van der Waals surface area contributed by atoms with Crippen LogP contribution in [0.5, 0.6) is 0 Å². The lowest BCUT2D eigenvalue weighted by Gasteiger charge is -2.19. The summed E-state index contributed by atoms with van der Waals surface area (Å²) in [6.45, 7) is 8.62. The molecule has 3 nitrogen and oxygen atoms in total. The van der Waals surface area contributed by atoms with Gasteiger partial charge >= 0.3 is 5.97 Å². The van der Waals surface area contributed by atoms with Crippen LogP contribution in [0, 0.1) is 11.8 Å². The van der Waals surface area contributed by atoms with Crippen LogP contribution < -0.4 is 0 Å². The fourth-order valence-electron chi connectivity index (χ4n) is 2.56. The van der Waals surface area contributed by atoms with E-state index >= 15 is 0 Å². The molecule has 0 amide bonds. The average molecular weight is 315 g/mol. The molecule has 0 aliphatic carbocycles. The minimum absolute atomic E-state index is 0.224. The van der Waals surface area contributed by atoms with Crippen molar-refractivity contribution in [3.05, 3.63) is 0 Å². The van der Waals surface area contributed by atoms with Crippen molar-refractivity contribution in [2.75, 3.05) is 6.61 Å². The Morgan fingerprint density at radius 2 is 1.45 bits per heavy atom. The molecular weight excluding hydrogens is 276 g/mol. The second-order valence-corrected chi connectivity index (χ2v) is 6.96. The lowest BCUT2D eigenvalue weighted by molar-refractivity contribution is -0.152. The maximum absolute atomic E-state index is 12.0. The van der Waals surface area contributed by atoms with E-state index in [9.17, 15) is 9.90 Å². The van der Waals surface area contributed by atoms with E-state index in [1.165, 1.54) is 38.5 Å². The van der Waals surface area contributed by atoms with Crippen LogP contribution in [0.2, 0.25) is 0 Å². The number of esters is 1. The van der Waals surface area contributed by atoms with Crippen LogP contribution in [-0.2, 0) is 9.53 Å². The molecule has 0 aromatic carbocycles. The van der Waals surface area contributed by atoms with Gasteiger partial charge in [0.15, 0.2) is 0 Å². The van der Waals surface area contributed by atoms with E-state index in [1.807, 2.05) is 0 Å². The Morgan fingerprint density at radius 1 is 0.909 bits per heavy atom. The van der Waals surface area contributed by atoms with E-state index in [4.69, 9.17) is 4.74 Å². The molecule has 0 aliphatic heterocycles. The molecule has 0 bridgehead atoms. The van der Waals surface area contributed by atoms with Crippen molar-refractivity contribution >= 4 is 5.97 Å². The van der Waals surface area contributed by atoms with Crippen LogP contribution in [0.15, 0.2) is 0 Å². The van der Waals surface area contributed by atoms with E-state index in [2.05, 4.69) is 20.8 Å². The molecule has 0 rings (SSSR count). The number of carbonyl (C=O) groups excluding carboxylic acids is 1. The summed E-state index contributed by atoms with van der Waals surface area (Å²) < 4.78 is 5.30. The third kappa shape index (κ3) is 12.0. The van der Waals surface area contributed by atoms with E-state index in [0.717, 1.165) is 25.7 Å². The Kier molecular flexibility index (Phi) is 13.7. The number of rotatable bonds is 14. The highest BCUT2D eigenvalue weighted by molar-refractivity contribution is 5.73. The topological polar surface area (TPSA) is 46.5 Å².